The Morgan fingerprint density at radius 1 is 1.20 bits per heavy atom. The molecule has 0 aliphatic carbocycles. The number of aromatic nitrogens is 6. The van der Waals surface area contributed by atoms with Crippen LogP contribution in [0.5, 0.6) is 0 Å². The molecular formula is C13H15N7. The third-order valence-corrected chi connectivity index (χ3v) is 3.14. The maximum Gasteiger partial charge on any atom is 0.167 e. The predicted molar refractivity (Wildman–Crippen MR) is 75.6 cm³/mol. The van der Waals surface area contributed by atoms with Crippen molar-refractivity contribution in [2.45, 2.75) is 6.92 Å². The van der Waals surface area contributed by atoms with Crippen LogP contribution in [0.15, 0.2) is 24.7 Å². The summed E-state index contributed by atoms with van der Waals surface area (Å²) in [4.78, 5) is 4.20. The molecule has 0 unspecified atom stereocenters. The first-order valence-electron chi connectivity index (χ1n) is 6.17. The Labute approximate surface area is 116 Å². The van der Waals surface area contributed by atoms with Gasteiger partial charge in [0.2, 0.25) is 0 Å². The zero-order chi connectivity index (χ0) is 14.3. The number of aryl methyl sites for hydroxylation is 3. The molecule has 7 nitrogen and oxygen atoms in total. The van der Waals surface area contributed by atoms with Crippen molar-refractivity contribution in [2.75, 3.05) is 5.73 Å². The largest absolute Gasteiger partial charge is 0.384 e. The molecule has 7 heteroatoms. The number of nitrogens with two attached hydrogens (primary N) is 1. The number of hydrogen-bond acceptors (Lipinski definition) is 5. The standard InChI is InChI=1S/C13H15N7/c1-8-4-9(5-11(14)17-8)12-10(6-16-20(12)3)13-18-15-7-19(13)2/h4-7H,1-3H3,(H2,14,17). The number of nitrogen functional groups attached to an aromatic ring is 1. The molecule has 0 bridgehead atoms. The number of hydrogen-bond donors (Lipinski definition) is 1. The highest BCUT2D eigenvalue weighted by Gasteiger charge is 2.17. The number of nitrogens with zero attached hydrogens (tertiary/aromatic N) is 6. The van der Waals surface area contributed by atoms with Crippen molar-refractivity contribution in [3.8, 4) is 22.6 Å². The van der Waals surface area contributed by atoms with E-state index in [1.807, 2.05) is 37.7 Å². The van der Waals surface area contributed by atoms with E-state index in [0.29, 0.717) is 5.82 Å². The predicted octanol–water partition coefficient (Wildman–Crippen LogP) is 1.17. The minimum atomic E-state index is 0.491. The van der Waals surface area contributed by atoms with Crippen LogP contribution in [0.3, 0.4) is 0 Å². The SMILES string of the molecule is Cc1cc(-c2c(-c3nncn3C)cnn2C)cc(N)n1. The lowest BCUT2D eigenvalue weighted by Crippen LogP contribution is -1.99. The van der Waals surface area contributed by atoms with Crippen molar-refractivity contribution in [1.82, 2.24) is 29.5 Å². The van der Waals surface area contributed by atoms with Gasteiger partial charge in [-0.3, -0.25) is 4.68 Å². The molecule has 3 aromatic heterocycles. The Bertz CT molecular complexity index is 749. The minimum absolute atomic E-state index is 0.491. The van der Waals surface area contributed by atoms with E-state index in [0.717, 1.165) is 28.3 Å². The highest BCUT2D eigenvalue weighted by Crippen LogP contribution is 2.31. The summed E-state index contributed by atoms with van der Waals surface area (Å²) in [6.07, 6.45) is 3.45. The Kier molecular flexibility index (Phi) is 2.74. The van der Waals surface area contributed by atoms with E-state index < -0.39 is 0 Å². The van der Waals surface area contributed by atoms with Crippen LogP contribution < -0.4 is 5.73 Å². The molecule has 0 fully saturated rings. The summed E-state index contributed by atoms with van der Waals surface area (Å²) >= 11 is 0. The van der Waals surface area contributed by atoms with Crippen LogP contribution in [0, 0.1) is 6.92 Å². The van der Waals surface area contributed by atoms with Crippen molar-refractivity contribution in [2.24, 2.45) is 14.1 Å². The Balaban J connectivity index is 2.24. The van der Waals surface area contributed by atoms with Gasteiger partial charge in [-0.1, -0.05) is 0 Å². The molecule has 0 aromatic carbocycles. The first-order valence-corrected chi connectivity index (χ1v) is 6.17. The van der Waals surface area contributed by atoms with Crippen LogP contribution >= 0.6 is 0 Å². The molecular weight excluding hydrogens is 254 g/mol. The van der Waals surface area contributed by atoms with Crippen molar-refractivity contribution in [3.63, 3.8) is 0 Å². The first kappa shape index (κ1) is 12.3. The highest BCUT2D eigenvalue weighted by atomic mass is 15.3. The Hall–Kier alpha value is -2.70. The molecule has 2 N–H and O–H groups in total. The van der Waals surface area contributed by atoms with Gasteiger partial charge >= 0.3 is 0 Å². The van der Waals surface area contributed by atoms with E-state index in [-0.39, 0.29) is 0 Å². The van der Waals surface area contributed by atoms with E-state index in [4.69, 9.17) is 5.73 Å². The van der Waals surface area contributed by atoms with Gasteiger partial charge in [-0.15, -0.1) is 10.2 Å². The van der Waals surface area contributed by atoms with Crippen molar-refractivity contribution in [1.29, 1.82) is 0 Å². The van der Waals surface area contributed by atoms with Gasteiger partial charge in [0.05, 0.1) is 17.5 Å². The molecule has 0 saturated carbocycles. The molecule has 3 aromatic rings. The molecule has 0 atom stereocenters. The van der Waals surface area contributed by atoms with Gasteiger partial charge in [-0.2, -0.15) is 5.10 Å². The van der Waals surface area contributed by atoms with Gasteiger partial charge in [0.25, 0.3) is 0 Å². The van der Waals surface area contributed by atoms with Crippen molar-refractivity contribution >= 4 is 5.82 Å². The first-order chi connectivity index (χ1) is 9.56. The molecule has 0 radical (unpaired) electrons. The van der Waals surface area contributed by atoms with Crippen LogP contribution in [0.25, 0.3) is 22.6 Å². The monoisotopic (exact) mass is 269 g/mol. The quantitative estimate of drug-likeness (QED) is 0.754. The van der Waals surface area contributed by atoms with Gasteiger partial charge in [0.15, 0.2) is 5.82 Å². The van der Waals surface area contributed by atoms with Crippen LogP contribution in [-0.4, -0.2) is 29.5 Å². The fourth-order valence-electron chi connectivity index (χ4n) is 2.30. The highest BCUT2D eigenvalue weighted by molar-refractivity contribution is 5.78. The lowest BCUT2D eigenvalue weighted by Gasteiger charge is -2.08. The third kappa shape index (κ3) is 1.93. The molecule has 3 heterocycles. The van der Waals surface area contributed by atoms with Gasteiger partial charge in [-0.05, 0) is 19.1 Å². The topological polar surface area (TPSA) is 87.4 Å². The summed E-state index contributed by atoms with van der Waals surface area (Å²) in [7, 11) is 3.79. The lowest BCUT2D eigenvalue weighted by molar-refractivity contribution is 0.775. The Morgan fingerprint density at radius 2 is 2.00 bits per heavy atom. The summed E-state index contributed by atoms with van der Waals surface area (Å²) in [5.74, 6) is 1.26. The lowest BCUT2D eigenvalue weighted by atomic mass is 10.1. The molecule has 0 aliphatic heterocycles. The van der Waals surface area contributed by atoms with E-state index >= 15 is 0 Å². The average molecular weight is 269 g/mol. The van der Waals surface area contributed by atoms with E-state index in [1.54, 1.807) is 17.2 Å². The smallest absolute Gasteiger partial charge is 0.167 e. The summed E-state index contributed by atoms with van der Waals surface area (Å²) in [6.45, 7) is 1.91. The summed E-state index contributed by atoms with van der Waals surface area (Å²) in [5, 5.41) is 12.4. The van der Waals surface area contributed by atoms with E-state index in [1.165, 1.54) is 0 Å². The second-order valence-electron chi connectivity index (χ2n) is 4.72. The number of rotatable bonds is 2. The third-order valence-electron chi connectivity index (χ3n) is 3.14. The fraction of sp³-hybridized carbons (Fsp3) is 0.231. The molecule has 0 saturated heterocycles. The zero-order valence-corrected chi connectivity index (χ0v) is 11.6. The average Bonchev–Trinajstić information content (AvgIpc) is 2.93. The van der Waals surface area contributed by atoms with Crippen molar-refractivity contribution < 1.29 is 0 Å². The van der Waals surface area contributed by atoms with Crippen LogP contribution in [0.4, 0.5) is 5.82 Å². The molecule has 102 valence electrons. The number of pyridine rings is 1. The second-order valence-corrected chi connectivity index (χ2v) is 4.72. The van der Waals surface area contributed by atoms with E-state index in [9.17, 15) is 0 Å². The van der Waals surface area contributed by atoms with Crippen LogP contribution in [0.2, 0.25) is 0 Å². The summed E-state index contributed by atoms with van der Waals surface area (Å²) < 4.78 is 3.66. The molecule has 20 heavy (non-hydrogen) atoms. The zero-order valence-electron chi connectivity index (χ0n) is 11.6. The molecule has 3 rings (SSSR count). The summed E-state index contributed by atoms with van der Waals surface area (Å²) in [5.41, 5.74) is 9.53. The molecule has 0 spiro atoms. The maximum absolute atomic E-state index is 5.84. The number of anilines is 1. The fourth-order valence-corrected chi connectivity index (χ4v) is 2.30. The van der Waals surface area contributed by atoms with Crippen LogP contribution in [0.1, 0.15) is 5.69 Å². The molecule has 0 aliphatic rings. The minimum Gasteiger partial charge on any atom is -0.384 e. The van der Waals surface area contributed by atoms with E-state index in [2.05, 4.69) is 20.3 Å². The van der Waals surface area contributed by atoms with Crippen LogP contribution in [-0.2, 0) is 14.1 Å². The van der Waals surface area contributed by atoms with Gasteiger partial charge in [0, 0.05) is 25.4 Å². The maximum atomic E-state index is 5.84. The van der Waals surface area contributed by atoms with Crippen molar-refractivity contribution in [3.05, 3.63) is 30.4 Å². The Morgan fingerprint density at radius 3 is 2.65 bits per heavy atom. The van der Waals surface area contributed by atoms with Gasteiger partial charge < -0.3 is 10.3 Å². The molecule has 0 amide bonds. The van der Waals surface area contributed by atoms with Gasteiger partial charge in [-0.25, -0.2) is 4.98 Å². The normalized spacial score (nSPS) is 10.9. The second kappa shape index (κ2) is 4.44. The summed E-state index contributed by atoms with van der Waals surface area (Å²) in [6, 6.07) is 3.82. The van der Waals surface area contributed by atoms with Gasteiger partial charge in [0.1, 0.15) is 12.1 Å².